The minimum Gasteiger partial charge on any atom is -0.493 e. The van der Waals surface area contributed by atoms with E-state index in [0.29, 0.717) is 27.6 Å². The van der Waals surface area contributed by atoms with Gasteiger partial charge in [-0.3, -0.25) is 9.59 Å². The average Bonchev–Trinajstić information content (AvgIpc) is 2.96. The monoisotopic (exact) mass is 545 g/mol. The molecule has 0 radical (unpaired) electrons. The number of ether oxygens (including phenoxy) is 3. The van der Waals surface area contributed by atoms with Crippen molar-refractivity contribution in [2.75, 3.05) is 20.8 Å². The van der Waals surface area contributed by atoms with Crippen LogP contribution in [0, 0.1) is 0 Å². The number of carbonyl (C=O) groups is 3. The molecule has 198 valence electrons. The highest BCUT2D eigenvalue weighted by atomic mass is 35.5. The van der Waals surface area contributed by atoms with Gasteiger partial charge in [-0.15, -0.1) is 0 Å². The van der Waals surface area contributed by atoms with Gasteiger partial charge in [-0.2, -0.15) is 5.10 Å². The number of hydrazone groups is 1. The van der Waals surface area contributed by atoms with E-state index in [1.54, 1.807) is 36.4 Å². The largest absolute Gasteiger partial charge is 0.493 e. The van der Waals surface area contributed by atoms with Crippen LogP contribution in [-0.2, 0) is 4.79 Å². The molecule has 0 aliphatic rings. The molecule has 2 amide bonds. The van der Waals surface area contributed by atoms with Gasteiger partial charge in [0.15, 0.2) is 11.5 Å². The first-order chi connectivity index (χ1) is 18.9. The number of methoxy groups -OCH3 is 2. The Balaban J connectivity index is 1.49. The number of nitrogens with zero attached hydrogens (tertiary/aromatic N) is 1. The number of hydrogen-bond donors (Lipinski definition) is 2. The lowest BCUT2D eigenvalue weighted by Gasteiger charge is -2.12. The van der Waals surface area contributed by atoms with E-state index >= 15 is 0 Å². The maximum absolute atomic E-state index is 13.0. The van der Waals surface area contributed by atoms with Gasteiger partial charge in [0.05, 0.1) is 32.5 Å². The fraction of sp³-hybridized carbons (Fsp3) is 0.103. The number of fused-ring (bicyclic) bond motifs is 1. The van der Waals surface area contributed by atoms with Gasteiger partial charge in [-0.1, -0.05) is 48.0 Å². The maximum Gasteiger partial charge on any atom is 0.343 e. The number of amides is 2. The zero-order valence-corrected chi connectivity index (χ0v) is 21.8. The van der Waals surface area contributed by atoms with E-state index in [1.807, 2.05) is 30.3 Å². The Hall–Kier alpha value is -4.89. The molecule has 4 rings (SSSR count). The molecule has 0 aliphatic heterocycles. The molecule has 10 heteroatoms. The minimum absolute atomic E-state index is 0.237. The second-order valence-corrected chi connectivity index (χ2v) is 8.58. The third kappa shape index (κ3) is 6.71. The van der Waals surface area contributed by atoms with Gasteiger partial charge in [0.1, 0.15) is 5.75 Å². The van der Waals surface area contributed by atoms with Crippen LogP contribution in [0.3, 0.4) is 0 Å². The summed E-state index contributed by atoms with van der Waals surface area (Å²) >= 11 is 5.90. The molecule has 9 nitrogen and oxygen atoms in total. The second kappa shape index (κ2) is 12.6. The van der Waals surface area contributed by atoms with Gasteiger partial charge in [0.25, 0.3) is 11.8 Å². The van der Waals surface area contributed by atoms with Crippen molar-refractivity contribution in [2.45, 2.75) is 0 Å². The van der Waals surface area contributed by atoms with E-state index in [0.717, 1.165) is 10.8 Å². The Morgan fingerprint density at radius 3 is 2.38 bits per heavy atom. The highest BCUT2D eigenvalue weighted by molar-refractivity contribution is 6.31. The summed E-state index contributed by atoms with van der Waals surface area (Å²) in [6.45, 7) is -0.306. The van der Waals surface area contributed by atoms with Crippen LogP contribution in [0.1, 0.15) is 26.3 Å². The first-order valence-corrected chi connectivity index (χ1v) is 12.1. The molecular weight excluding hydrogens is 522 g/mol. The third-order valence-corrected chi connectivity index (χ3v) is 5.87. The van der Waals surface area contributed by atoms with Crippen LogP contribution in [-0.4, -0.2) is 44.8 Å². The molecule has 39 heavy (non-hydrogen) atoms. The van der Waals surface area contributed by atoms with E-state index in [2.05, 4.69) is 15.8 Å². The molecule has 4 aromatic rings. The lowest BCUT2D eigenvalue weighted by atomic mass is 10.0. The van der Waals surface area contributed by atoms with Gasteiger partial charge in [-0.25, -0.2) is 10.2 Å². The molecule has 0 atom stereocenters. The highest BCUT2D eigenvalue weighted by Gasteiger charge is 2.16. The Bertz CT molecular complexity index is 1570. The van der Waals surface area contributed by atoms with Crippen LogP contribution in [0.2, 0.25) is 5.02 Å². The molecule has 0 aromatic heterocycles. The first kappa shape index (κ1) is 27.2. The van der Waals surface area contributed by atoms with E-state index in [4.69, 9.17) is 25.8 Å². The molecule has 0 saturated carbocycles. The zero-order chi connectivity index (χ0) is 27.8. The third-order valence-electron chi connectivity index (χ3n) is 5.63. The summed E-state index contributed by atoms with van der Waals surface area (Å²) in [5, 5.41) is 8.57. The minimum atomic E-state index is -0.617. The summed E-state index contributed by atoms with van der Waals surface area (Å²) in [5.74, 6) is -0.514. The van der Waals surface area contributed by atoms with Gasteiger partial charge in [0.2, 0.25) is 0 Å². The molecule has 0 heterocycles. The maximum atomic E-state index is 13.0. The fourth-order valence-electron chi connectivity index (χ4n) is 3.72. The van der Waals surface area contributed by atoms with Crippen molar-refractivity contribution in [3.63, 3.8) is 0 Å². The molecule has 0 aliphatic carbocycles. The Morgan fingerprint density at radius 2 is 1.62 bits per heavy atom. The molecule has 0 saturated heterocycles. The second-order valence-electron chi connectivity index (χ2n) is 8.14. The Kier molecular flexibility index (Phi) is 8.75. The molecule has 0 fully saturated rings. The Morgan fingerprint density at radius 1 is 0.846 bits per heavy atom. The van der Waals surface area contributed by atoms with Crippen LogP contribution in [0.15, 0.2) is 84.0 Å². The average molecular weight is 546 g/mol. The molecular formula is C29H24ClN3O6. The van der Waals surface area contributed by atoms with Gasteiger partial charge in [-0.05, 0) is 53.2 Å². The molecule has 0 spiro atoms. The summed E-state index contributed by atoms with van der Waals surface area (Å²) in [7, 11) is 2.98. The van der Waals surface area contributed by atoms with Crippen LogP contribution in [0.25, 0.3) is 10.8 Å². The summed E-state index contributed by atoms with van der Waals surface area (Å²) in [5.41, 5.74) is 3.44. The van der Waals surface area contributed by atoms with Crippen LogP contribution in [0.4, 0.5) is 0 Å². The predicted octanol–water partition coefficient (Wildman–Crippen LogP) is 4.61. The van der Waals surface area contributed by atoms with Crippen molar-refractivity contribution in [1.29, 1.82) is 0 Å². The van der Waals surface area contributed by atoms with Crippen molar-refractivity contribution >= 4 is 46.4 Å². The van der Waals surface area contributed by atoms with E-state index in [1.165, 1.54) is 32.6 Å². The van der Waals surface area contributed by atoms with Crippen molar-refractivity contribution in [1.82, 2.24) is 10.7 Å². The van der Waals surface area contributed by atoms with Crippen molar-refractivity contribution < 1.29 is 28.6 Å². The lowest BCUT2D eigenvalue weighted by Crippen LogP contribution is -2.34. The summed E-state index contributed by atoms with van der Waals surface area (Å²) in [6, 6.07) is 22.0. The predicted molar refractivity (Wildman–Crippen MR) is 148 cm³/mol. The van der Waals surface area contributed by atoms with Crippen molar-refractivity contribution in [2.24, 2.45) is 5.10 Å². The summed E-state index contributed by atoms with van der Waals surface area (Å²) in [4.78, 5) is 37.5. The van der Waals surface area contributed by atoms with E-state index in [9.17, 15) is 14.4 Å². The number of esters is 1. The van der Waals surface area contributed by atoms with E-state index in [-0.39, 0.29) is 17.9 Å². The first-order valence-electron chi connectivity index (χ1n) is 11.7. The van der Waals surface area contributed by atoms with E-state index < -0.39 is 17.8 Å². The molecule has 4 aromatic carbocycles. The van der Waals surface area contributed by atoms with Crippen LogP contribution < -0.4 is 25.0 Å². The number of carbonyl (C=O) groups excluding carboxylic acids is 3. The number of hydrogen-bond acceptors (Lipinski definition) is 7. The summed E-state index contributed by atoms with van der Waals surface area (Å²) in [6.07, 6.45) is 1.39. The molecule has 2 N–H and O–H groups in total. The lowest BCUT2D eigenvalue weighted by molar-refractivity contribution is -0.120. The van der Waals surface area contributed by atoms with Gasteiger partial charge >= 0.3 is 5.97 Å². The zero-order valence-electron chi connectivity index (χ0n) is 21.1. The number of rotatable bonds is 9. The fourth-order valence-corrected chi connectivity index (χ4v) is 3.91. The smallest absolute Gasteiger partial charge is 0.343 e. The quantitative estimate of drug-likeness (QED) is 0.137. The molecule has 0 bridgehead atoms. The topological polar surface area (TPSA) is 115 Å². The van der Waals surface area contributed by atoms with Crippen molar-refractivity contribution in [3.8, 4) is 17.2 Å². The van der Waals surface area contributed by atoms with Gasteiger partial charge < -0.3 is 19.5 Å². The standard InChI is InChI=1S/C29H24ClN3O6/c1-37-25-13-11-20(15-26(25)38-2)29(36)39-24-12-10-18-6-3-4-9-22(18)23(24)16-32-33-27(34)17-31-28(35)19-7-5-8-21(30)14-19/h3-16H,17H2,1-2H3,(H,31,35)(H,33,34)/b32-16+. The number of halogens is 1. The number of nitrogens with one attached hydrogen (secondary N) is 2. The van der Waals surface area contributed by atoms with Gasteiger partial charge in [0, 0.05) is 16.1 Å². The molecule has 0 unspecified atom stereocenters. The van der Waals surface area contributed by atoms with Crippen molar-refractivity contribution in [3.05, 3.63) is 101 Å². The highest BCUT2D eigenvalue weighted by Crippen LogP contribution is 2.30. The number of benzene rings is 4. The van der Waals surface area contributed by atoms with Crippen LogP contribution >= 0.6 is 11.6 Å². The normalized spacial score (nSPS) is 10.7. The SMILES string of the molecule is COc1ccc(C(=O)Oc2ccc3ccccc3c2/C=N/NC(=O)CNC(=O)c2cccc(Cl)c2)cc1OC. The Labute approximate surface area is 229 Å². The summed E-state index contributed by atoms with van der Waals surface area (Å²) < 4.78 is 16.2. The van der Waals surface area contributed by atoms with Crippen LogP contribution in [0.5, 0.6) is 17.2 Å².